The molecule has 1 unspecified atom stereocenters. The normalized spacial score (nSPS) is 17.1. The van der Waals surface area contributed by atoms with Crippen molar-refractivity contribution in [1.82, 2.24) is 15.5 Å². The van der Waals surface area contributed by atoms with Crippen molar-refractivity contribution in [3.05, 3.63) is 70.7 Å². The predicted molar refractivity (Wildman–Crippen MR) is 114 cm³/mol. The van der Waals surface area contributed by atoms with Gasteiger partial charge < -0.3 is 15.5 Å². The van der Waals surface area contributed by atoms with E-state index in [4.69, 9.17) is 11.6 Å². The summed E-state index contributed by atoms with van der Waals surface area (Å²) in [5.41, 5.74) is 2.36. The SMILES string of the molecule is CN=C(NCc1cccc(Cl)c1)NCC1CC(=O)N(CCc2ccccc2)C1. The van der Waals surface area contributed by atoms with Crippen LogP contribution in [0.4, 0.5) is 0 Å². The molecule has 0 saturated carbocycles. The lowest BCUT2D eigenvalue weighted by Gasteiger charge is -2.18. The Kier molecular flexibility index (Phi) is 7.31. The lowest BCUT2D eigenvalue weighted by molar-refractivity contribution is -0.127. The summed E-state index contributed by atoms with van der Waals surface area (Å²) in [6.07, 6.45) is 1.49. The molecule has 1 saturated heterocycles. The summed E-state index contributed by atoms with van der Waals surface area (Å²) in [7, 11) is 1.75. The summed E-state index contributed by atoms with van der Waals surface area (Å²) < 4.78 is 0. The Bertz CT molecular complexity index is 809. The molecule has 1 aliphatic rings. The number of benzene rings is 2. The highest BCUT2D eigenvalue weighted by Gasteiger charge is 2.29. The van der Waals surface area contributed by atoms with E-state index in [0.29, 0.717) is 18.9 Å². The summed E-state index contributed by atoms with van der Waals surface area (Å²) in [4.78, 5) is 18.5. The molecule has 28 heavy (non-hydrogen) atoms. The van der Waals surface area contributed by atoms with Crippen molar-refractivity contribution < 1.29 is 4.79 Å². The third-order valence-electron chi connectivity index (χ3n) is 4.94. The monoisotopic (exact) mass is 398 g/mol. The number of carbonyl (C=O) groups excluding carboxylic acids is 1. The van der Waals surface area contributed by atoms with Gasteiger partial charge in [0.1, 0.15) is 0 Å². The zero-order chi connectivity index (χ0) is 19.8. The molecule has 1 heterocycles. The Morgan fingerprint density at radius 1 is 1.14 bits per heavy atom. The Labute approximate surface area is 171 Å². The number of nitrogens with zero attached hydrogens (tertiary/aromatic N) is 2. The highest BCUT2D eigenvalue weighted by Crippen LogP contribution is 2.17. The molecule has 1 fully saturated rings. The molecule has 2 aromatic rings. The zero-order valence-electron chi connectivity index (χ0n) is 16.2. The lowest BCUT2D eigenvalue weighted by Crippen LogP contribution is -2.40. The van der Waals surface area contributed by atoms with Crippen molar-refractivity contribution in [2.24, 2.45) is 10.9 Å². The topological polar surface area (TPSA) is 56.7 Å². The van der Waals surface area contributed by atoms with Crippen LogP contribution in [-0.4, -0.2) is 43.4 Å². The third kappa shape index (κ3) is 5.99. The van der Waals surface area contributed by atoms with Gasteiger partial charge in [-0.3, -0.25) is 9.79 Å². The van der Waals surface area contributed by atoms with Gasteiger partial charge in [-0.1, -0.05) is 54.1 Å². The van der Waals surface area contributed by atoms with Crippen LogP contribution in [0.1, 0.15) is 17.5 Å². The molecule has 2 N–H and O–H groups in total. The molecule has 148 valence electrons. The van der Waals surface area contributed by atoms with Crippen LogP contribution in [0.5, 0.6) is 0 Å². The Hall–Kier alpha value is -2.53. The molecule has 1 amide bonds. The summed E-state index contributed by atoms with van der Waals surface area (Å²) in [6.45, 7) is 2.95. The highest BCUT2D eigenvalue weighted by atomic mass is 35.5. The van der Waals surface area contributed by atoms with E-state index in [0.717, 1.165) is 42.6 Å². The molecule has 1 aliphatic heterocycles. The van der Waals surface area contributed by atoms with E-state index in [-0.39, 0.29) is 5.91 Å². The van der Waals surface area contributed by atoms with Gasteiger partial charge in [-0.05, 0) is 29.7 Å². The van der Waals surface area contributed by atoms with Crippen LogP contribution in [0.15, 0.2) is 59.6 Å². The van der Waals surface area contributed by atoms with Gasteiger partial charge in [0.2, 0.25) is 5.91 Å². The van der Waals surface area contributed by atoms with E-state index in [1.807, 2.05) is 47.4 Å². The first-order valence-corrected chi connectivity index (χ1v) is 10.0. The van der Waals surface area contributed by atoms with Gasteiger partial charge in [-0.2, -0.15) is 0 Å². The second-order valence-electron chi connectivity index (χ2n) is 7.08. The van der Waals surface area contributed by atoms with Gasteiger partial charge in [0.05, 0.1) is 0 Å². The van der Waals surface area contributed by atoms with Crippen molar-refractivity contribution in [3.63, 3.8) is 0 Å². The lowest BCUT2D eigenvalue weighted by atomic mass is 10.1. The number of hydrogen-bond donors (Lipinski definition) is 2. The number of nitrogens with one attached hydrogen (secondary N) is 2. The van der Waals surface area contributed by atoms with Crippen molar-refractivity contribution in [2.75, 3.05) is 26.7 Å². The van der Waals surface area contributed by atoms with Gasteiger partial charge in [0.15, 0.2) is 5.96 Å². The molecule has 0 spiro atoms. The fraction of sp³-hybridized carbons (Fsp3) is 0.364. The molecule has 0 aromatic heterocycles. The molecule has 0 bridgehead atoms. The van der Waals surface area contributed by atoms with Crippen molar-refractivity contribution >= 4 is 23.5 Å². The smallest absolute Gasteiger partial charge is 0.223 e. The average molecular weight is 399 g/mol. The molecule has 5 nitrogen and oxygen atoms in total. The first-order chi connectivity index (χ1) is 13.6. The number of hydrogen-bond acceptors (Lipinski definition) is 2. The van der Waals surface area contributed by atoms with Crippen molar-refractivity contribution in [1.29, 1.82) is 0 Å². The number of rotatable bonds is 7. The van der Waals surface area contributed by atoms with Crippen LogP contribution in [-0.2, 0) is 17.8 Å². The fourth-order valence-electron chi connectivity index (χ4n) is 3.41. The maximum atomic E-state index is 12.3. The number of likely N-dealkylation sites (tertiary alicyclic amines) is 1. The standard InChI is InChI=1S/C22H27ClN4O/c1-24-22(25-14-18-8-5-9-20(23)12-18)26-15-19-13-21(28)27(16-19)11-10-17-6-3-2-4-7-17/h2-9,12,19H,10-11,13-16H2,1H3,(H2,24,25,26). The predicted octanol–water partition coefficient (Wildman–Crippen LogP) is 3.10. The van der Waals surface area contributed by atoms with E-state index in [1.54, 1.807) is 7.05 Å². The van der Waals surface area contributed by atoms with Crippen molar-refractivity contribution in [3.8, 4) is 0 Å². The fourth-order valence-corrected chi connectivity index (χ4v) is 3.62. The Balaban J connectivity index is 1.41. The molecule has 0 radical (unpaired) electrons. The molecule has 0 aliphatic carbocycles. The van der Waals surface area contributed by atoms with Gasteiger partial charge >= 0.3 is 0 Å². The van der Waals surface area contributed by atoms with Crippen LogP contribution in [0, 0.1) is 5.92 Å². The third-order valence-corrected chi connectivity index (χ3v) is 5.17. The maximum Gasteiger partial charge on any atom is 0.223 e. The first-order valence-electron chi connectivity index (χ1n) is 9.64. The van der Waals surface area contributed by atoms with Crippen LogP contribution in [0.25, 0.3) is 0 Å². The maximum absolute atomic E-state index is 12.3. The minimum absolute atomic E-state index is 0.240. The Morgan fingerprint density at radius 3 is 2.68 bits per heavy atom. The largest absolute Gasteiger partial charge is 0.356 e. The van der Waals surface area contributed by atoms with E-state index in [2.05, 4.69) is 27.8 Å². The zero-order valence-corrected chi connectivity index (χ0v) is 17.0. The van der Waals surface area contributed by atoms with E-state index in [9.17, 15) is 4.79 Å². The van der Waals surface area contributed by atoms with Gasteiger partial charge in [-0.25, -0.2) is 0 Å². The molecule has 6 heteroatoms. The van der Waals surface area contributed by atoms with Gasteiger partial charge in [0.25, 0.3) is 0 Å². The van der Waals surface area contributed by atoms with Crippen molar-refractivity contribution in [2.45, 2.75) is 19.4 Å². The minimum Gasteiger partial charge on any atom is -0.356 e. The second-order valence-corrected chi connectivity index (χ2v) is 7.52. The van der Waals surface area contributed by atoms with E-state index < -0.39 is 0 Å². The van der Waals surface area contributed by atoms with Crippen LogP contribution >= 0.6 is 11.6 Å². The summed E-state index contributed by atoms with van der Waals surface area (Å²) in [6, 6.07) is 18.0. The molecule has 3 rings (SSSR count). The second kappa shape index (κ2) is 10.1. The number of amides is 1. The number of aliphatic imine (C=N–C) groups is 1. The number of guanidine groups is 1. The molecular weight excluding hydrogens is 372 g/mol. The van der Waals surface area contributed by atoms with Gasteiger partial charge in [0, 0.05) is 50.6 Å². The average Bonchev–Trinajstić information content (AvgIpc) is 3.07. The van der Waals surface area contributed by atoms with Crippen LogP contribution in [0.3, 0.4) is 0 Å². The quantitative estimate of drug-likeness (QED) is 0.556. The summed E-state index contributed by atoms with van der Waals surface area (Å²) in [5.74, 6) is 1.27. The van der Waals surface area contributed by atoms with E-state index in [1.165, 1.54) is 5.56 Å². The number of halogens is 1. The van der Waals surface area contributed by atoms with Crippen LogP contribution in [0.2, 0.25) is 5.02 Å². The van der Waals surface area contributed by atoms with Gasteiger partial charge in [-0.15, -0.1) is 0 Å². The summed E-state index contributed by atoms with van der Waals surface area (Å²) in [5, 5.41) is 7.35. The molecule has 1 atom stereocenters. The minimum atomic E-state index is 0.240. The number of carbonyl (C=O) groups is 1. The Morgan fingerprint density at radius 2 is 1.93 bits per heavy atom. The van der Waals surface area contributed by atoms with E-state index >= 15 is 0 Å². The molecule has 2 aromatic carbocycles. The van der Waals surface area contributed by atoms with Crippen LogP contribution < -0.4 is 10.6 Å². The summed E-state index contributed by atoms with van der Waals surface area (Å²) >= 11 is 6.02. The first kappa shape index (κ1) is 20.2. The highest BCUT2D eigenvalue weighted by molar-refractivity contribution is 6.30. The molecular formula is C22H27ClN4O.